The van der Waals surface area contributed by atoms with E-state index in [2.05, 4.69) is 16.0 Å². The molecule has 2 aromatic rings. The molecule has 2 saturated heterocycles. The number of nitrogens with zero attached hydrogens (tertiary/aromatic N) is 3. The summed E-state index contributed by atoms with van der Waals surface area (Å²) >= 11 is 1.28. The zero-order valence-electron chi connectivity index (χ0n) is 32.0. The molecule has 0 saturated carbocycles. The molecule has 2 aliphatic rings. The Balaban J connectivity index is 1.54. The van der Waals surface area contributed by atoms with Crippen LogP contribution in [0.3, 0.4) is 0 Å². The number of carbonyl (C=O) groups excluding carboxylic acids is 4. The predicted octanol–water partition coefficient (Wildman–Crippen LogP) is 4.80. The van der Waals surface area contributed by atoms with E-state index in [0.717, 1.165) is 31.4 Å². The lowest BCUT2D eigenvalue weighted by Crippen LogP contribution is -2.58. The third-order valence-electron chi connectivity index (χ3n) is 10.7. The lowest BCUT2D eigenvalue weighted by Gasteiger charge is -2.35. The summed E-state index contributed by atoms with van der Waals surface area (Å²) in [5.41, 5.74) is 0.454. The molecule has 0 bridgehead atoms. The van der Waals surface area contributed by atoms with E-state index in [4.69, 9.17) is 4.98 Å². The summed E-state index contributed by atoms with van der Waals surface area (Å²) < 4.78 is 0. The number of likely N-dealkylation sites (tertiary alicyclic amines) is 2. The summed E-state index contributed by atoms with van der Waals surface area (Å²) in [6.07, 6.45) is 4.57. The first-order valence-corrected chi connectivity index (χ1v) is 19.6. The third-order valence-corrected chi connectivity index (χ3v) is 11.6. The molecule has 286 valence electrons. The molecular formula is C39H58N6O6S. The number of amides is 4. The van der Waals surface area contributed by atoms with E-state index in [0.29, 0.717) is 24.3 Å². The zero-order chi connectivity index (χ0) is 38.3. The van der Waals surface area contributed by atoms with Gasteiger partial charge in [-0.1, -0.05) is 84.7 Å². The molecule has 0 spiro atoms. The number of piperidine rings is 1. The van der Waals surface area contributed by atoms with Crippen LogP contribution in [0.15, 0.2) is 35.7 Å². The van der Waals surface area contributed by atoms with Crippen LogP contribution in [0, 0.1) is 17.3 Å². The second kappa shape index (κ2) is 17.8. The number of carboxylic acids is 1. The normalized spacial score (nSPS) is 23.3. The van der Waals surface area contributed by atoms with Gasteiger partial charge in [0.2, 0.25) is 17.7 Å². The fraction of sp³-hybridized carbons (Fsp3) is 0.641. The Hall–Kier alpha value is -3.84. The van der Waals surface area contributed by atoms with Crippen LogP contribution in [0.5, 0.6) is 0 Å². The minimum absolute atomic E-state index is 0.0966. The highest BCUT2D eigenvalue weighted by atomic mass is 32.1. The molecule has 4 N–H and O–H groups in total. The number of rotatable bonds is 14. The maximum atomic E-state index is 14.0. The van der Waals surface area contributed by atoms with Crippen molar-refractivity contribution >= 4 is 40.9 Å². The number of likely N-dealkylation sites (N-methyl/N-ethyl adjacent to an activating group) is 1. The van der Waals surface area contributed by atoms with E-state index in [1.165, 1.54) is 11.3 Å². The predicted molar refractivity (Wildman–Crippen MR) is 202 cm³/mol. The minimum atomic E-state index is -0.932. The van der Waals surface area contributed by atoms with Crippen LogP contribution in [0.25, 0.3) is 0 Å². The molecule has 52 heavy (non-hydrogen) atoms. The fourth-order valence-electron chi connectivity index (χ4n) is 7.20. The highest BCUT2D eigenvalue weighted by Gasteiger charge is 2.47. The Morgan fingerprint density at radius 2 is 1.75 bits per heavy atom. The second-order valence-corrected chi connectivity index (χ2v) is 16.7. The van der Waals surface area contributed by atoms with Gasteiger partial charge in [0.25, 0.3) is 5.91 Å². The number of hydrogen-bond donors (Lipinski definition) is 4. The number of nitrogens with one attached hydrogen (secondary N) is 3. The van der Waals surface area contributed by atoms with Crippen molar-refractivity contribution in [2.24, 2.45) is 17.3 Å². The Bertz CT molecular complexity index is 1560. The Kier molecular flexibility index (Phi) is 14.0. The van der Waals surface area contributed by atoms with E-state index < -0.39 is 47.4 Å². The molecule has 4 amide bonds. The standard InChI is InChI=1S/C39H58N6O6S/c1-9-23(2)32(43-34(47)30-17-13-14-18-44(30)8)35(48)41-28-21-31(45(25(28)4)38(51)39(5,6)7)36-42-29(22-52-36)33(46)40-27(19-24(3)37(49)50)20-26-15-11-10-12-16-26/h10-12,15-16,22-25,27-28,30-32H,9,13-14,17-21H2,1-8H3,(H,40,46)(H,41,48)(H,43,47)(H,49,50)/t23-,24-,25?,27+,28+,30+,31+,32-/m0/s1. The van der Waals surface area contributed by atoms with Gasteiger partial charge in [-0.2, -0.15) is 0 Å². The molecule has 1 unspecified atom stereocenters. The molecule has 1 aromatic carbocycles. The van der Waals surface area contributed by atoms with Crippen molar-refractivity contribution in [1.82, 2.24) is 30.7 Å². The van der Waals surface area contributed by atoms with E-state index >= 15 is 0 Å². The average Bonchev–Trinajstić information content (AvgIpc) is 3.71. The van der Waals surface area contributed by atoms with Crippen molar-refractivity contribution in [3.05, 3.63) is 52.0 Å². The molecule has 2 aliphatic heterocycles. The van der Waals surface area contributed by atoms with Gasteiger partial charge in [0.05, 0.1) is 24.0 Å². The number of carboxylic acid groups (broad SMARTS) is 1. The van der Waals surface area contributed by atoms with Gasteiger partial charge < -0.3 is 26.0 Å². The van der Waals surface area contributed by atoms with Gasteiger partial charge in [-0.15, -0.1) is 11.3 Å². The van der Waals surface area contributed by atoms with Crippen molar-refractivity contribution in [3.63, 3.8) is 0 Å². The molecule has 12 nitrogen and oxygen atoms in total. The van der Waals surface area contributed by atoms with Crippen molar-refractivity contribution in [3.8, 4) is 0 Å². The largest absolute Gasteiger partial charge is 0.481 e. The molecule has 4 rings (SSSR count). The summed E-state index contributed by atoms with van der Waals surface area (Å²) in [5, 5.41) is 21.1. The number of benzene rings is 1. The van der Waals surface area contributed by atoms with Gasteiger partial charge in [-0.25, -0.2) is 4.98 Å². The SMILES string of the molecule is CC[C@H](C)[C@H](NC(=O)[C@H]1CCCCN1C)C(=O)N[C@@H]1C[C@H](c2nc(C(=O)N[C@@H](Cc3ccccc3)C[C@H](C)C(=O)O)cs2)N(C(=O)C(C)(C)C)C1C. The second-order valence-electron chi connectivity index (χ2n) is 15.8. The van der Waals surface area contributed by atoms with Gasteiger partial charge in [0, 0.05) is 22.9 Å². The van der Waals surface area contributed by atoms with Gasteiger partial charge in [-0.3, -0.25) is 28.9 Å². The summed E-state index contributed by atoms with van der Waals surface area (Å²) in [4.78, 5) is 75.1. The van der Waals surface area contributed by atoms with Gasteiger partial charge in [-0.05, 0) is 64.1 Å². The summed E-state index contributed by atoms with van der Waals surface area (Å²) in [7, 11) is 1.94. The van der Waals surface area contributed by atoms with Crippen LogP contribution in [0.1, 0.15) is 114 Å². The zero-order valence-corrected chi connectivity index (χ0v) is 32.8. The van der Waals surface area contributed by atoms with Crippen molar-refractivity contribution < 1.29 is 29.1 Å². The van der Waals surface area contributed by atoms with E-state index in [1.807, 2.05) is 83.8 Å². The number of carbonyl (C=O) groups is 5. The molecule has 1 aromatic heterocycles. The molecule has 2 fully saturated rings. The van der Waals surface area contributed by atoms with E-state index in [1.54, 1.807) is 17.2 Å². The number of hydrogen-bond acceptors (Lipinski definition) is 8. The summed E-state index contributed by atoms with van der Waals surface area (Å²) in [6.45, 7) is 13.9. The minimum Gasteiger partial charge on any atom is -0.481 e. The molecule has 13 heteroatoms. The van der Waals surface area contributed by atoms with Gasteiger partial charge in [0.1, 0.15) is 16.7 Å². The quantitative estimate of drug-likeness (QED) is 0.215. The third kappa shape index (κ3) is 10.2. The van der Waals surface area contributed by atoms with E-state index in [-0.39, 0.29) is 47.8 Å². The van der Waals surface area contributed by atoms with Crippen LogP contribution in [0.2, 0.25) is 0 Å². The highest BCUT2D eigenvalue weighted by Crippen LogP contribution is 2.40. The van der Waals surface area contributed by atoms with Crippen LogP contribution in [-0.2, 0) is 25.6 Å². The first-order chi connectivity index (χ1) is 24.5. The van der Waals surface area contributed by atoms with Crippen LogP contribution >= 0.6 is 11.3 Å². The van der Waals surface area contributed by atoms with Crippen LogP contribution < -0.4 is 16.0 Å². The van der Waals surface area contributed by atoms with Crippen molar-refractivity contribution in [1.29, 1.82) is 0 Å². The monoisotopic (exact) mass is 738 g/mol. The smallest absolute Gasteiger partial charge is 0.306 e. The maximum absolute atomic E-state index is 14.0. The molecule has 8 atom stereocenters. The summed E-state index contributed by atoms with van der Waals surface area (Å²) in [6, 6.07) is 6.87. The Morgan fingerprint density at radius 3 is 2.37 bits per heavy atom. The number of thiazole rings is 1. The Labute approximate surface area is 312 Å². The lowest BCUT2D eigenvalue weighted by molar-refractivity contribution is -0.143. The number of aromatic nitrogens is 1. The van der Waals surface area contributed by atoms with Crippen LogP contribution in [0.4, 0.5) is 0 Å². The summed E-state index contributed by atoms with van der Waals surface area (Å²) in [5.74, 6) is -2.63. The van der Waals surface area contributed by atoms with Gasteiger partial charge >= 0.3 is 5.97 Å². The Morgan fingerprint density at radius 1 is 1.06 bits per heavy atom. The van der Waals surface area contributed by atoms with Crippen LogP contribution in [-0.4, -0.2) is 93.3 Å². The number of aliphatic carboxylic acids is 1. The molecule has 0 aliphatic carbocycles. The highest BCUT2D eigenvalue weighted by molar-refractivity contribution is 7.09. The fourth-order valence-corrected chi connectivity index (χ4v) is 8.11. The first kappa shape index (κ1) is 40.9. The molecule has 0 radical (unpaired) electrons. The molecule has 3 heterocycles. The van der Waals surface area contributed by atoms with Gasteiger partial charge in [0.15, 0.2) is 0 Å². The lowest BCUT2D eigenvalue weighted by atomic mass is 9.94. The topological polar surface area (TPSA) is 161 Å². The molecular weight excluding hydrogens is 681 g/mol. The van der Waals surface area contributed by atoms with Crippen molar-refractivity contribution in [2.45, 2.75) is 130 Å². The van der Waals surface area contributed by atoms with Crippen molar-refractivity contribution in [2.75, 3.05) is 13.6 Å². The average molecular weight is 739 g/mol. The maximum Gasteiger partial charge on any atom is 0.306 e. The van der Waals surface area contributed by atoms with E-state index in [9.17, 15) is 29.1 Å². The first-order valence-electron chi connectivity index (χ1n) is 18.7.